The molecule has 0 fully saturated rings. The molecule has 0 spiro atoms. The molecule has 0 radical (unpaired) electrons. The molecule has 2 aromatic carbocycles. The Hall–Kier alpha value is -0.770. The summed E-state index contributed by atoms with van der Waals surface area (Å²) in [6.07, 6.45) is 0. The molecule has 2 aromatic rings. The van der Waals surface area contributed by atoms with E-state index in [-0.39, 0.29) is 6.04 Å². The number of rotatable bonds is 3. The van der Waals surface area contributed by atoms with Crippen LogP contribution in [-0.2, 0) is 0 Å². The third kappa shape index (κ3) is 3.62. The first-order valence-corrected chi connectivity index (χ1v) is 7.88. The summed E-state index contributed by atoms with van der Waals surface area (Å²) in [5, 5.41) is 0. The Labute approximate surface area is 127 Å². The number of halogens is 1. The molecular formula is C16H18BrNS. The Kier molecular flexibility index (Phi) is 4.71. The van der Waals surface area contributed by atoms with Crippen LogP contribution in [0, 0.1) is 13.8 Å². The van der Waals surface area contributed by atoms with Crippen LogP contribution in [0.4, 0.5) is 0 Å². The monoisotopic (exact) mass is 335 g/mol. The molecule has 1 unspecified atom stereocenters. The summed E-state index contributed by atoms with van der Waals surface area (Å²) in [5.74, 6) is 0. The first-order chi connectivity index (χ1) is 8.97. The molecule has 100 valence electrons. The SMILES string of the molecule is Cc1ccc(Sc2ccc(C(C)N)c(Br)c2)c(C)c1. The lowest BCUT2D eigenvalue weighted by atomic mass is 10.1. The van der Waals surface area contributed by atoms with Crippen LogP contribution in [0.25, 0.3) is 0 Å². The Morgan fingerprint density at radius 1 is 1.11 bits per heavy atom. The molecule has 0 bridgehead atoms. The van der Waals surface area contributed by atoms with E-state index in [4.69, 9.17) is 5.73 Å². The predicted molar refractivity (Wildman–Crippen MR) is 86.8 cm³/mol. The van der Waals surface area contributed by atoms with E-state index in [1.165, 1.54) is 20.9 Å². The van der Waals surface area contributed by atoms with Crippen molar-refractivity contribution in [1.82, 2.24) is 0 Å². The highest BCUT2D eigenvalue weighted by Crippen LogP contribution is 2.34. The number of benzene rings is 2. The first-order valence-electron chi connectivity index (χ1n) is 6.27. The van der Waals surface area contributed by atoms with Gasteiger partial charge in [-0.05, 0) is 50.1 Å². The van der Waals surface area contributed by atoms with Crippen molar-refractivity contribution in [2.45, 2.75) is 36.6 Å². The number of nitrogens with two attached hydrogens (primary N) is 1. The Bertz CT molecular complexity index is 593. The molecule has 1 atom stereocenters. The second kappa shape index (κ2) is 6.12. The van der Waals surface area contributed by atoms with Gasteiger partial charge in [0.2, 0.25) is 0 Å². The average Bonchev–Trinajstić information content (AvgIpc) is 2.32. The van der Waals surface area contributed by atoms with E-state index in [1.807, 2.05) is 6.92 Å². The van der Waals surface area contributed by atoms with Gasteiger partial charge in [-0.15, -0.1) is 0 Å². The maximum Gasteiger partial charge on any atom is 0.0277 e. The van der Waals surface area contributed by atoms with Crippen molar-refractivity contribution in [2.24, 2.45) is 5.73 Å². The second-order valence-electron chi connectivity index (χ2n) is 4.84. The van der Waals surface area contributed by atoms with Crippen LogP contribution in [0.5, 0.6) is 0 Å². The second-order valence-corrected chi connectivity index (χ2v) is 6.81. The van der Waals surface area contributed by atoms with Gasteiger partial charge >= 0.3 is 0 Å². The highest BCUT2D eigenvalue weighted by molar-refractivity contribution is 9.10. The number of hydrogen-bond donors (Lipinski definition) is 1. The summed E-state index contributed by atoms with van der Waals surface area (Å²) in [4.78, 5) is 2.52. The van der Waals surface area contributed by atoms with Crippen molar-refractivity contribution in [2.75, 3.05) is 0 Å². The van der Waals surface area contributed by atoms with E-state index < -0.39 is 0 Å². The zero-order chi connectivity index (χ0) is 14.0. The molecular weight excluding hydrogens is 318 g/mol. The van der Waals surface area contributed by atoms with Crippen molar-refractivity contribution in [3.63, 3.8) is 0 Å². The number of aryl methyl sites for hydroxylation is 2. The van der Waals surface area contributed by atoms with Gasteiger partial charge in [0.25, 0.3) is 0 Å². The minimum atomic E-state index is 0.0505. The highest BCUT2D eigenvalue weighted by Gasteiger charge is 2.07. The van der Waals surface area contributed by atoms with Gasteiger partial charge in [-0.25, -0.2) is 0 Å². The molecule has 19 heavy (non-hydrogen) atoms. The molecule has 1 nitrogen and oxygen atoms in total. The van der Waals surface area contributed by atoms with Crippen molar-refractivity contribution >= 4 is 27.7 Å². The fourth-order valence-electron chi connectivity index (χ4n) is 1.98. The van der Waals surface area contributed by atoms with Crippen LogP contribution < -0.4 is 5.73 Å². The standard InChI is InChI=1S/C16H18BrNS/c1-10-4-7-16(11(2)8-10)19-13-5-6-14(12(3)18)15(17)9-13/h4-9,12H,18H2,1-3H3. The molecule has 0 saturated heterocycles. The van der Waals surface area contributed by atoms with Crippen molar-refractivity contribution in [3.8, 4) is 0 Å². The van der Waals surface area contributed by atoms with E-state index in [2.05, 4.69) is 66.2 Å². The molecule has 0 amide bonds. The fraction of sp³-hybridized carbons (Fsp3) is 0.250. The molecule has 2 rings (SSSR count). The normalized spacial score (nSPS) is 12.5. The lowest BCUT2D eigenvalue weighted by Gasteiger charge is -2.11. The van der Waals surface area contributed by atoms with E-state index in [0.29, 0.717) is 0 Å². The fourth-order valence-corrected chi connectivity index (χ4v) is 3.80. The van der Waals surface area contributed by atoms with Crippen LogP contribution in [0.3, 0.4) is 0 Å². The maximum absolute atomic E-state index is 5.92. The van der Waals surface area contributed by atoms with E-state index in [9.17, 15) is 0 Å². The largest absolute Gasteiger partial charge is 0.324 e. The topological polar surface area (TPSA) is 26.0 Å². The predicted octanol–water partition coefficient (Wildman–Crippen LogP) is 5.24. The molecule has 0 aromatic heterocycles. The van der Waals surface area contributed by atoms with Crippen LogP contribution in [0.2, 0.25) is 0 Å². The third-order valence-electron chi connectivity index (χ3n) is 3.02. The van der Waals surface area contributed by atoms with Crippen molar-refractivity contribution in [1.29, 1.82) is 0 Å². The van der Waals surface area contributed by atoms with Crippen LogP contribution in [-0.4, -0.2) is 0 Å². The van der Waals surface area contributed by atoms with E-state index in [0.717, 1.165) is 10.0 Å². The molecule has 0 saturated carbocycles. The Morgan fingerprint density at radius 2 is 1.84 bits per heavy atom. The number of hydrogen-bond acceptors (Lipinski definition) is 2. The Morgan fingerprint density at radius 3 is 2.42 bits per heavy atom. The minimum absolute atomic E-state index is 0.0505. The van der Waals surface area contributed by atoms with E-state index >= 15 is 0 Å². The molecule has 3 heteroatoms. The summed E-state index contributed by atoms with van der Waals surface area (Å²) < 4.78 is 1.08. The quantitative estimate of drug-likeness (QED) is 0.830. The van der Waals surface area contributed by atoms with Gasteiger partial charge in [-0.3, -0.25) is 0 Å². The zero-order valence-electron chi connectivity index (χ0n) is 11.4. The molecule has 0 aliphatic heterocycles. The summed E-state index contributed by atoms with van der Waals surface area (Å²) >= 11 is 5.38. The minimum Gasteiger partial charge on any atom is -0.324 e. The summed E-state index contributed by atoms with van der Waals surface area (Å²) in [6, 6.07) is 13.0. The first kappa shape index (κ1) is 14.6. The van der Waals surface area contributed by atoms with Crippen LogP contribution >= 0.6 is 27.7 Å². The lowest BCUT2D eigenvalue weighted by molar-refractivity contribution is 0.811. The van der Waals surface area contributed by atoms with Gasteiger partial charge in [0.15, 0.2) is 0 Å². The van der Waals surface area contributed by atoms with Gasteiger partial charge in [-0.1, -0.05) is 51.5 Å². The Balaban J connectivity index is 2.26. The zero-order valence-corrected chi connectivity index (χ0v) is 13.8. The van der Waals surface area contributed by atoms with Gasteiger partial charge in [-0.2, -0.15) is 0 Å². The summed E-state index contributed by atoms with van der Waals surface area (Å²) in [6.45, 7) is 6.27. The lowest BCUT2D eigenvalue weighted by Crippen LogP contribution is -2.05. The van der Waals surface area contributed by atoms with E-state index in [1.54, 1.807) is 11.8 Å². The average molecular weight is 336 g/mol. The van der Waals surface area contributed by atoms with Crippen molar-refractivity contribution < 1.29 is 0 Å². The molecule has 0 heterocycles. The van der Waals surface area contributed by atoms with Gasteiger partial charge in [0.05, 0.1) is 0 Å². The van der Waals surface area contributed by atoms with Gasteiger partial charge in [0.1, 0.15) is 0 Å². The van der Waals surface area contributed by atoms with Gasteiger partial charge < -0.3 is 5.73 Å². The van der Waals surface area contributed by atoms with Crippen molar-refractivity contribution in [3.05, 3.63) is 57.6 Å². The smallest absolute Gasteiger partial charge is 0.0277 e. The third-order valence-corrected chi connectivity index (χ3v) is 4.88. The molecule has 0 aliphatic carbocycles. The van der Waals surface area contributed by atoms with Crippen LogP contribution in [0.1, 0.15) is 29.7 Å². The molecule has 0 aliphatic rings. The van der Waals surface area contributed by atoms with Crippen LogP contribution in [0.15, 0.2) is 50.7 Å². The highest BCUT2D eigenvalue weighted by atomic mass is 79.9. The summed E-state index contributed by atoms with van der Waals surface area (Å²) in [7, 11) is 0. The maximum atomic E-state index is 5.92. The van der Waals surface area contributed by atoms with Gasteiger partial charge in [0, 0.05) is 20.3 Å². The molecule has 2 N–H and O–H groups in total. The summed E-state index contributed by atoms with van der Waals surface area (Å²) in [5.41, 5.74) is 9.68.